The van der Waals surface area contributed by atoms with E-state index in [2.05, 4.69) is 21.5 Å². The van der Waals surface area contributed by atoms with Gasteiger partial charge in [0.15, 0.2) is 0 Å². The minimum Gasteiger partial charge on any atom is -0.374 e. The molecule has 5 nitrogen and oxygen atoms in total. The van der Waals surface area contributed by atoms with Crippen molar-refractivity contribution < 1.29 is 8.42 Å². The molecule has 2 aromatic rings. The Bertz CT molecular complexity index is 667. The van der Waals surface area contributed by atoms with Crippen molar-refractivity contribution in [3.05, 3.63) is 40.8 Å². The number of hydrogen-bond donors (Lipinski definition) is 1. The molecule has 0 saturated heterocycles. The van der Waals surface area contributed by atoms with Crippen LogP contribution in [0.1, 0.15) is 17.8 Å². The SMILES string of the molecule is CNS(=O)(=O)c1ccc(N(C)CC(C)c2nccs2)cc1. The van der Waals surface area contributed by atoms with Gasteiger partial charge in [0.2, 0.25) is 10.0 Å². The molecule has 1 aromatic heterocycles. The lowest BCUT2D eigenvalue weighted by atomic mass is 10.1. The first-order chi connectivity index (χ1) is 9.94. The summed E-state index contributed by atoms with van der Waals surface area (Å²) in [5, 5.41) is 3.08. The topological polar surface area (TPSA) is 62.3 Å². The molecule has 2 rings (SSSR count). The van der Waals surface area contributed by atoms with Gasteiger partial charge in [0.05, 0.1) is 9.90 Å². The van der Waals surface area contributed by atoms with Crippen LogP contribution in [0.5, 0.6) is 0 Å². The number of likely N-dealkylation sites (N-methyl/N-ethyl adjacent to an activating group) is 1. The van der Waals surface area contributed by atoms with Crippen LogP contribution in [0, 0.1) is 0 Å². The summed E-state index contributed by atoms with van der Waals surface area (Å²) in [6.07, 6.45) is 1.81. The summed E-state index contributed by atoms with van der Waals surface area (Å²) in [5.74, 6) is 0.329. The number of sulfonamides is 1. The first-order valence-electron chi connectivity index (χ1n) is 6.58. The quantitative estimate of drug-likeness (QED) is 0.885. The first kappa shape index (κ1) is 15.9. The predicted octanol–water partition coefficient (Wildman–Crippen LogP) is 2.29. The van der Waals surface area contributed by atoms with E-state index in [1.807, 2.05) is 30.8 Å². The van der Waals surface area contributed by atoms with Crippen molar-refractivity contribution in [1.29, 1.82) is 0 Å². The van der Waals surface area contributed by atoms with Gasteiger partial charge in [0.25, 0.3) is 0 Å². The van der Waals surface area contributed by atoms with Crippen LogP contribution in [-0.4, -0.2) is 34.0 Å². The van der Waals surface area contributed by atoms with Crippen LogP contribution in [0.2, 0.25) is 0 Å². The molecule has 1 heterocycles. The molecule has 1 unspecified atom stereocenters. The van der Waals surface area contributed by atoms with Crippen LogP contribution in [0.3, 0.4) is 0 Å². The molecule has 114 valence electrons. The average molecular weight is 325 g/mol. The van der Waals surface area contributed by atoms with E-state index in [1.165, 1.54) is 7.05 Å². The fourth-order valence-corrected chi connectivity index (χ4v) is 3.49. The number of thiazole rings is 1. The summed E-state index contributed by atoms with van der Waals surface area (Å²) >= 11 is 1.65. The Labute approximate surface area is 129 Å². The van der Waals surface area contributed by atoms with E-state index in [-0.39, 0.29) is 4.90 Å². The van der Waals surface area contributed by atoms with Crippen LogP contribution in [0.15, 0.2) is 40.7 Å². The minimum absolute atomic E-state index is 0.273. The first-order valence-corrected chi connectivity index (χ1v) is 8.94. The maximum Gasteiger partial charge on any atom is 0.240 e. The van der Waals surface area contributed by atoms with Crippen LogP contribution in [0.4, 0.5) is 5.69 Å². The second-order valence-electron chi connectivity index (χ2n) is 4.85. The summed E-state index contributed by atoms with van der Waals surface area (Å²) in [6, 6.07) is 6.87. The smallest absolute Gasteiger partial charge is 0.240 e. The van der Waals surface area contributed by atoms with Gasteiger partial charge in [-0.2, -0.15) is 0 Å². The molecule has 0 aliphatic heterocycles. The average Bonchev–Trinajstić information content (AvgIpc) is 3.01. The highest BCUT2D eigenvalue weighted by Gasteiger charge is 2.14. The van der Waals surface area contributed by atoms with Crippen molar-refractivity contribution >= 4 is 27.0 Å². The van der Waals surface area contributed by atoms with E-state index in [0.717, 1.165) is 17.2 Å². The van der Waals surface area contributed by atoms with E-state index in [9.17, 15) is 8.42 Å². The molecule has 1 atom stereocenters. The maximum atomic E-state index is 11.7. The van der Waals surface area contributed by atoms with Gasteiger partial charge in [0, 0.05) is 36.8 Å². The lowest BCUT2D eigenvalue weighted by molar-refractivity contribution is 0.588. The summed E-state index contributed by atoms with van der Waals surface area (Å²) in [6.45, 7) is 2.96. The van der Waals surface area contributed by atoms with E-state index in [4.69, 9.17) is 0 Å². The van der Waals surface area contributed by atoms with E-state index in [0.29, 0.717) is 5.92 Å². The number of benzene rings is 1. The van der Waals surface area contributed by atoms with Crippen LogP contribution >= 0.6 is 11.3 Å². The maximum absolute atomic E-state index is 11.7. The van der Waals surface area contributed by atoms with Crippen molar-refractivity contribution in [2.45, 2.75) is 17.7 Å². The third-order valence-corrected chi connectivity index (χ3v) is 5.71. The van der Waals surface area contributed by atoms with Crippen molar-refractivity contribution in [1.82, 2.24) is 9.71 Å². The lowest BCUT2D eigenvalue weighted by Crippen LogP contribution is -2.23. The molecule has 0 bridgehead atoms. The zero-order chi connectivity index (χ0) is 15.5. The van der Waals surface area contributed by atoms with Crippen molar-refractivity contribution in [2.75, 3.05) is 25.5 Å². The van der Waals surface area contributed by atoms with Gasteiger partial charge < -0.3 is 4.90 Å². The molecule has 1 aromatic carbocycles. The molecule has 21 heavy (non-hydrogen) atoms. The molecular formula is C14H19N3O2S2. The highest BCUT2D eigenvalue weighted by molar-refractivity contribution is 7.89. The third kappa shape index (κ3) is 3.81. The highest BCUT2D eigenvalue weighted by Crippen LogP contribution is 2.22. The largest absolute Gasteiger partial charge is 0.374 e. The van der Waals surface area contributed by atoms with Crippen molar-refractivity contribution in [2.24, 2.45) is 0 Å². The van der Waals surface area contributed by atoms with Gasteiger partial charge >= 0.3 is 0 Å². The van der Waals surface area contributed by atoms with Crippen LogP contribution in [0.25, 0.3) is 0 Å². The standard InChI is InChI=1S/C14H19N3O2S2/c1-11(14-16-8-9-20-14)10-17(3)12-4-6-13(7-5-12)21(18,19)15-2/h4-9,11,15H,10H2,1-3H3. The van der Waals surface area contributed by atoms with Gasteiger partial charge in [-0.1, -0.05) is 6.92 Å². The number of nitrogens with one attached hydrogen (secondary N) is 1. The zero-order valence-electron chi connectivity index (χ0n) is 12.3. The zero-order valence-corrected chi connectivity index (χ0v) is 13.9. The van der Waals surface area contributed by atoms with Gasteiger partial charge in [-0.3, -0.25) is 0 Å². The van der Waals surface area contributed by atoms with Crippen LogP contribution < -0.4 is 9.62 Å². The van der Waals surface area contributed by atoms with E-state index >= 15 is 0 Å². The normalized spacial score (nSPS) is 13.1. The number of hydrogen-bond acceptors (Lipinski definition) is 5. The summed E-state index contributed by atoms with van der Waals surface area (Å²) < 4.78 is 25.7. The Morgan fingerprint density at radius 2 is 2.00 bits per heavy atom. The molecule has 1 N–H and O–H groups in total. The van der Waals surface area contributed by atoms with Crippen LogP contribution in [-0.2, 0) is 10.0 Å². The number of rotatable bonds is 6. The fraction of sp³-hybridized carbons (Fsp3) is 0.357. The predicted molar refractivity (Wildman–Crippen MR) is 86.5 cm³/mol. The van der Waals surface area contributed by atoms with Crippen molar-refractivity contribution in [3.63, 3.8) is 0 Å². The Kier molecular flexibility index (Phi) is 4.97. The Morgan fingerprint density at radius 1 is 1.33 bits per heavy atom. The lowest BCUT2D eigenvalue weighted by Gasteiger charge is -2.22. The summed E-state index contributed by atoms with van der Waals surface area (Å²) in [4.78, 5) is 6.70. The third-order valence-electron chi connectivity index (χ3n) is 3.28. The monoisotopic (exact) mass is 325 g/mol. The van der Waals surface area contributed by atoms with Crippen molar-refractivity contribution in [3.8, 4) is 0 Å². The minimum atomic E-state index is -3.38. The molecule has 0 fully saturated rings. The number of anilines is 1. The fourth-order valence-electron chi connectivity index (χ4n) is 2.07. The molecular weight excluding hydrogens is 306 g/mol. The van der Waals surface area contributed by atoms with E-state index < -0.39 is 10.0 Å². The molecule has 0 radical (unpaired) electrons. The second-order valence-corrected chi connectivity index (χ2v) is 7.67. The molecule has 0 aliphatic rings. The summed E-state index contributed by atoms with van der Waals surface area (Å²) in [7, 11) is 0.0235. The number of nitrogens with zero attached hydrogens (tertiary/aromatic N) is 2. The van der Waals surface area contributed by atoms with Gasteiger partial charge in [-0.15, -0.1) is 11.3 Å². The molecule has 0 aliphatic carbocycles. The Morgan fingerprint density at radius 3 is 2.52 bits per heavy atom. The summed E-state index contributed by atoms with van der Waals surface area (Å²) in [5.41, 5.74) is 0.980. The molecule has 0 saturated carbocycles. The molecule has 0 spiro atoms. The van der Waals surface area contributed by atoms with Gasteiger partial charge in [-0.05, 0) is 31.3 Å². The Balaban J connectivity index is 2.08. The van der Waals surface area contributed by atoms with Gasteiger partial charge in [-0.25, -0.2) is 18.1 Å². The molecule has 0 amide bonds. The van der Waals surface area contributed by atoms with E-state index in [1.54, 1.807) is 23.5 Å². The Hall–Kier alpha value is -1.44. The molecule has 7 heteroatoms. The van der Waals surface area contributed by atoms with Gasteiger partial charge in [0.1, 0.15) is 0 Å². The second kappa shape index (κ2) is 6.55. The highest BCUT2D eigenvalue weighted by atomic mass is 32.2. The number of aromatic nitrogens is 1.